The van der Waals surface area contributed by atoms with E-state index >= 15 is 0 Å². The molecule has 4 rings (SSSR count). The lowest BCUT2D eigenvalue weighted by atomic mass is 9.81. The average Bonchev–Trinajstić information content (AvgIpc) is 3.09. The van der Waals surface area contributed by atoms with Crippen molar-refractivity contribution in [3.63, 3.8) is 0 Å². The molecule has 2 aromatic rings. The standard InChI is InChI=1S/C14H13ClF3N5/c15-9-3-8-1-2-23(6-7-4-14(17,18)5-7)12(8)10(11(9)16)13-19-21-22-20-13/h3,7H,1-2,4-6H2,(H,19,20,21,22). The fraction of sp³-hybridized carbons (Fsp3) is 0.500. The highest BCUT2D eigenvalue weighted by molar-refractivity contribution is 6.31. The Morgan fingerprint density at radius 2 is 2.17 bits per heavy atom. The lowest BCUT2D eigenvalue weighted by Crippen LogP contribution is -2.42. The van der Waals surface area contributed by atoms with Gasteiger partial charge in [-0.3, -0.25) is 0 Å². The number of hydrogen-bond acceptors (Lipinski definition) is 4. The molecule has 5 nitrogen and oxygen atoms in total. The third-order valence-corrected chi connectivity index (χ3v) is 4.74. The van der Waals surface area contributed by atoms with Crippen LogP contribution in [0.3, 0.4) is 0 Å². The summed E-state index contributed by atoms with van der Waals surface area (Å²) in [7, 11) is 0. The Bertz CT molecular complexity index is 741. The van der Waals surface area contributed by atoms with E-state index in [1.165, 1.54) is 0 Å². The van der Waals surface area contributed by atoms with E-state index in [4.69, 9.17) is 11.6 Å². The number of aromatic amines is 1. The number of halogens is 4. The number of nitrogens with zero attached hydrogens (tertiary/aromatic N) is 4. The topological polar surface area (TPSA) is 57.7 Å². The summed E-state index contributed by atoms with van der Waals surface area (Å²) in [6, 6.07) is 1.59. The van der Waals surface area contributed by atoms with Gasteiger partial charge in [-0.15, -0.1) is 10.2 Å². The number of nitrogens with one attached hydrogen (secondary N) is 1. The van der Waals surface area contributed by atoms with Crippen molar-refractivity contribution in [3.05, 3.63) is 22.5 Å². The van der Waals surface area contributed by atoms with E-state index in [-0.39, 0.29) is 35.2 Å². The van der Waals surface area contributed by atoms with Crippen LogP contribution in [-0.4, -0.2) is 39.6 Å². The number of benzene rings is 1. The number of alkyl halides is 2. The second-order valence-electron chi connectivity index (χ2n) is 6.12. The van der Waals surface area contributed by atoms with E-state index in [2.05, 4.69) is 20.6 Å². The molecule has 0 spiro atoms. The van der Waals surface area contributed by atoms with E-state index in [0.29, 0.717) is 25.2 Å². The Kier molecular flexibility index (Phi) is 3.26. The summed E-state index contributed by atoms with van der Waals surface area (Å²) in [6.07, 6.45) is 0.447. The van der Waals surface area contributed by atoms with Gasteiger partial charge in [-0.1, -0.05) is 11.6 Å². The van der Waals surface area contributed by atoms with E-state index in [0.717, 1.165) is 5.56 Å². The van der Waals surface area contributed by atoms with Crippen LogP contribution in [0.1, 0.15) is 18.4 Å². The number of aromatic nitrogens is 4. The summed E-state index contributed by atoms with van der Waals surface area (Å²) in [5.41, 5.74) is 1.70. The highest BCUT2D eigenvalue weighted by Gasteiger charge is 2.46. The van der Waals surface area contributed by atoms with E-state index in [1.807, 2.05) is 4.90 Å². The van der Waals surface area contributed by atoms with Gasteiger partial charge in [0.1, 0.15) is 0 Å². The van der Waals surface area contributed by atoms with Crippen LogP contribution in [0, 0.1) is 11.7 Å². The van der Waals surface area contributed by atoms with Gasteiger partial charge in [-0.2, -0.15) is 5.21 Å². The molecule has 0 atom stereocenters. The number of anilines is 1. The first kappa shape index (κ1) is 14.7. The first-order valence-corrected chi connectivity index (χ1v) is 7.70. The monoisotopic (exact) mass is 343 g/mol. The Morgan fingerprint density at radius 1 is 1.39 bits per heavy atom. The van der Waals surface area contributed by atoms with Crippen molar-refractivity contribution < 1.29 is 13.2 Å². The second-order valence-corrected chi connectivity index (χ2v) is 6.52. The maximum atomic E-state index is 14.5. The van der Waals surface area contributed by atoms with Crippen molar-refractivity contribution in [3.8, 4) is 11.4 Å². The molecule has 1 N–H and O–H groups in total. The number of hydrogen-bond donors (Lipinski definition) is 1. The summed E-state index contributed by atoms with van der Waals surface area (Å²) < 4.78 is 40.6. The van der Waals surface area contributed by atoms with Crippen molar-refractivity contribution in [2.24, 2.45) is 5.92 Å². The fourth-order valence-corrected chi connectivity index (χ4v) is 3.69. The lowest BCUT2D eigenvalue weighted by Gasteiger charge is -2.38. The Labute approximate surface area is 134 Å². The fourth-order valence-electron chi connectivity index (χ4n) is 3.47. The van der Waals surface area contributed by atoms with Gasteiger partial charge in [0.05, 0.1) is 16.3 Å². The molecule has 122 valence electrons. The van der Waals surface area contributed by atoms with Gasteiger partial charge in [-0.05, 0) is 29.2 Å². The van der Waals surface area contributed by atoms with Crippen LogP contribution in [0.5, 0.6) is 0 Å². The Balaban J connectivity index is 1.71. The SMILES string of the molecule is Fc1c(Cl)cc2c(c1-c1nn[nH]n1)N(CC1CC(F)(F)C1)CC2. The molecule has 23 heavy (non-hydrogen) atoms. The van der Waals surface area contributed by atoms with Crippen LogP contribution >= 0.6 is 11.6 Å². The smallest absolute Gasteiger partial charge is 0.248 e. The van der Waals surface area contributed by atoms with Crippen molar-refractivity contribution in [2.75, 3.05) is 18.0 Å². The summed E-state index contributed by atoms with van der Waals surface area (Å²) in [5, 5.41) is 13.4. The maximum Gasteiger partial charge on any atom is 0.248 e. The number of tetrazole rings is 1. The minimum Gasteiger partial charge on any atom is -0.370 e. The van der Waals surface area contributed by atoms with Crippen LogP contribution < -0.4 is 4.90 Å². The summed E-state index contributed by atoms with van der Waals surface area (Å²) in [6.45, 7) is 1.11. The van der Waals surface area contributed by atoms with Crippen molar-refractivity contribution in [1.82, 2.24) is 20.6 Å². The lowest BCUT2D eigenvalue weighted by molar-refractivity contribution is -0.107. The van der Waals surface area contributed by atoms with Crippen molar-refractivity contribution >= 4 is 17.3 Å². The molecular formula is C14H13ClF3N5. The van der Waals surface area contributed by atoms with Crippen LogP contribution in [-0.2, 0) is 6.42 Å². The van der Waals surface area contributed by atoms with Gasteiger partial charge in [0, 0.05) is 25.9 Å². The molecule has 0 bridgehead atoms. The maximum absolute atomic E-state index is 14.5. The average molecular weight is 344 g/mol. The van der Waals surface area contributed by atoms with Crippen LogP contribution in [0.4, 0.5) is 18.9 Å². The number of fused-ring (bicyclic) bond motifs is 1. The minimum atomic E-state index is -2.56. The summed E-state index contributed by atoms with van der Waals surface area (Å²) >= 11 is 5.96. The highest BCUT2D eigenvalue weighted by Crippen LogP contribution is 2.46. The molecule has 0 radical (unpaired) electrons. The van der Waals surface area contributed by atoms with Gasteiger partial charge in [-0.25, -0.2) is 13.2 Å². The Morgan fingerprint density at radius 3 is 2.83 bits per heavy atom. The van der Waals surface area contributed by atoms with Crippen LogP contribution in [0.15, 0.2) is 6.07 Å². The predicted octanol–water partition coefficient (Wildman–Crippen LogP) is 3.07. The number of H-pyrrole nitrogens is 1. The van der Waals surface area contributed by atoms with Crippen molar-refractivity contribution in [1.29, 1.82) is 0 Å². The summed E-state index contributed by atoms with van der Waals surface area (Å²) in [5.74, 6) is -3.15. The second kappa shape index (κ2) is 5.09. The molecule has 2 aliphatic rings. The van der Waals surface area contributed by atoms with Crippen LogP contribution in [0.25, 0.3) is 11.4 Å². The summed E-state index contributed by atoms with van der Waals surface area (Å²) in [4.78, 5) is 1.93. The molecule has 0 saturated heterocycles. The van der Waals surface area contributed by atoms with E-state index < -0.39 is 11.7 Å². The molecule has 9 heteroatoms. The number of rotatable bonds is 3. The quantitative estimate of drug-likeness (QED) is 0.930. The van der Waals surface area contributed by atoms with Crippen molar-refractivity contribution in [2.45, 2.75) is 25.2 Å². The van der Waals surface area contributed by atoms with Gasteiger partial charge in [0.2, 0.25) is 11.7 Å². The largest absolute Gasteiger partial charge is 0.370 e. The molecule has 1 aromatic heterocycles. The van der Waals surface area contributed by atoms with Gasteiger partial charge < -0.3 is 4.90 Å². The predicted molar refractivity (Wildman–Crippen MR) is 78.2 cm³/mol. The molecule has 1 fully saturated rings. The van der Waals surface area contributed by atoms with Crippen LogP contribution in [0.2, 0.25) is 5.02 Å². The minimum absolute atomic E-state index is 0.000535. The normalized spacial score (nSPS) is 19.7. The third kappa shape index (κ3) is 2.45. The molecule has 1 saturated carbocycles. The highest BCUT2D eigenvalue weighted by atomic mass is 35.5. The Hall–Kier alpha value is -1.83. The first-order valence-electron chi connectivity index (χ1n) is 7.32. The molecule has 0 unspecified atom stereocenters. The third-order valence-electron chi connectivity index (χ3n) is 4.46. The van der Waals surface area contributed by atoms with E-state index in [1.54, 1.807) is 6.07 Å². The zero-order chi connectivity index (χ0) is 16.2. The zero-order valence-electron chi connectivity index (χ0n) is 12.0. The molecule has 1 aliphatic heterocycles. The van der Waals surface area contributed by atoms with Gasteiger partial charge >= 0.3 is 0 Å². The molecule has 1 aliphatic carbocycles. The molecule has 1 aromatic carbocycles. The first-order chi connectivity index (χ1) is 10.9. The van der Waals surface area contributed by atoms with Gasteiger partial charge in [0.25, 0.3) is 0 Å². The molecular weight excluding hydrogens is 331 g/mol. The van der Waals surface area contributed by atoms with Gasteiger partial charge in [0.15, 0.2) is 5.82 Å². The van der Waals surface area contributed by atoms with E-state index in [9.17, 15) is 13.2 Å². The molecule has 2 heterocycles. The molecule has 0 amide bonds. The zero-order valence-corrected chi connectivity index (χ0v) is 12.7.